The summed E-state index contributed by atoms with van der Waals surface area (Å²) in [4.78, 5) is 0.605. The number of ether oxygens (including phenoxy) is 2. The van der Waals surface area contributed by atoms with E-state index in [1.54, 1.807) is 42.5 Å². The Morgan fingerprint density at radius 1 is 1.03 bits per heavy atom. The van der Waals surface area contributed by atoms with Gasteiger partial charge in [0.25, 0.3) is 0 Å². The van der Waals surface area contributed by atoms with E-state index >= 15 is 0 Å². The van der Waals surface area contributed by atoms with E-state index in [1.807, 2.05) is 0 Å². The van der Waals surface area contributed by atoms with Crippen molar-refractivity contribution in [1.82, 2.24) is 5.32 Å². The van der Waals surface area contributed by atoms with E-state index in [4.69, 9.17) is 9.47 Å². The van der Waals surface area contributed by atoms with Crippen LogP contribution < -0.4 is 14.8 Å². The van der Waals surface area contributed by atoms with Crippen molar-refractivity contribution in [3.05, 3.63) is 53.6 Å². The van der Waals surface area contributed by atoms with Gasteiger partial charge < -0.3 is 14.6 Å². The molecule has 0 fully saturated rings. The summed E-state index contributed by atoms with van der Waals surface area (Å²) in [6.07, 6.45) is -15.1. The molecule has 0 aliphatic carbocycles. The summed E-state index contributed by atoms with van der Waals surface area (Å²) in [6.45, 7) is 0. The second-order valence-electron chi connectivity index (χ2n) is 8.27. The van der Waals surface area contributed by atoms with Gasteiger partial charge in [0.2, 0.25) is 0 Å². The zero-order chi connectivity index (χ0) is 25.1. The van der Waals surface area contributed by atoms with Crippen LogP contribution in [0.25, 0.3) is 0 Å². The van der Waals surface area contributed by atoms with E-state index in [2.05, 4.69) is 5.32 Å². The number of hydrogen-bond donors (Lipinski definition) is 2. The molecule has 2 aromatic rings. The highest BCUT2D eigenvalue weighted by Gasteiger charge is 2.48. The maximum absolute atomic E-state index is 13.7. The van der Waals surface area contributed by atoms with Gasteiger partial charge in [0, 0.05) is 16.2 Å². The number of methoxy groups -OCH3 is 2. The molecular formula is C23H25F6NO3S. The van der Waals surface area contributed by atoms with Crippen molar-refractivity contribution >= 4 is 11.8 Å². The Bertz CT molecular complexity index is 970. The number of benzene rings is 2. The van der Waals surface area contributed by atoms with Crippen molar-refractivity contribution in [2.45, 2.75) is 54.2 Å². The van der Waals surface area contributed by atoms with Gasteiger partial charge in [0.1, 0.15) is 0 Å². The van der Waals surface area contributed by atoms with Gasteiger partial charge in [-0.3, -0.25) is 5.32 Å². The van der Waals surface area contributed by atoms with E-state index in [-0.39, 0.29) is 5.75 Å². The molecule has 0 amide bonds. The molecule has 3 atom stereocenters. The predicted octanol–water partition coefficient (Wildman–Crippen LogP) is 5.88. The highest BCUT2D eigenvalue weighted by atomic mass is 32.2. The van der Waals surface area contributed by atoms with Crippen molar-refractivity contribution in [1.29, 1.82) is 0 Å². The molecule has 0 saturated carbocycles. The van der Waals surface area contributed by atoms with Crippen molar-refractivity contribution in [2.24, 2.45) is 0 Å². The standard InChI is InChI=1S/C23H25F6NO3S/c1-32-17-8-16-19(9-18(17)33-2)34-13-21(12-23(27,28)29,10-15(31)11-22(24,25)26)30-20(16)14-6-4-3-5-7-14/h3-9,15,20,30-31H,10-13H2,1-2H3/t15?,20-,21+/m0/s1. The van der Waals surface area contributed by atoms with Crippen LogP contribution in [0.3, 0.4) is 0 Å². The number of aliphatic hydroxyl groups is 1. The molecule has 1 unspecified atom stereocenters. The van der Waals surface area contributed by atoms with Gasteiger partial charge in [-0.05, 0) is 29.7 Å². The zero-order valence-electron chi connectivity index (χ0n) is 18.5. The molecule has 2 aromatic carbocycles. The highest BCUT2D eigenvalue weighted by molar-refractivity contribution is 7.99. The number of nitrogens with one attached hydrogen (secondary N) is 1. The first-order valence-corrected chi connectivity index (χ1v) is 11.4. The predicted molar refractivity (Wildman–Crippen MR) is 116 cm³/mol. The second kappa shape index (κ2) is 10.2. The zero-order valence-corrected chi connectivity index (χ0v) is 19.3. The van der Waals surface area contributed by atoms with Crippen LogP contribution in [0.1, 0.15) is 36.4 Å². The number of rotatable bonds is 7. The molecule has 188 valence electrons. The Hall–Kier alpha value is -2.11. The third-order valence-corrected chi connectivity index (χ3v) is 6.91. The van der Waals surface area contributed by atoms with Crippen LogP contribution in [-0.2, 0) is 0 Å². The summed E-state index contributed by atoms with van der Waals surface area (Å²) in [6, 6.07) is 11.1. The van der Waals surface area contributed by atoms with Gasteiger partial charge >= 0.3 is 12.4 Å². The monoisotopic (exact) mass is 509 g/mol. The molecule has 1 aliphatic rings. The summed E-state index contributed by atoms with van der Waals surface area (Å²) in [5, 5.41) is 13.2. The van der Waals surface area contributed by atoms with Gasteiger partial charge in [0.05, 0.1) is 39.2 Å². The summed E-state index contributed by atoms with van der Waals surface area (Å²) in [7, 11) is 2.86. The van der Waals surface area contributed by atoms with E-state index < -0.39 is 49.3 Å². The Kier molecular flexibility index (Phi) is 7.99. The van der Waals surface area contributed by atoms with Gasteiger partial charge in [-0.15, -0.1) is 11.8 Å². The van der Waals surface area contributed by atoms with Gasteiger partial charge in [0.15, 0.2) is 11.5 Å². The summed E-state index contributed by atoms with van der Waals surface area (Å²) in [5.74, 6) is 0.527. The van der Waals surface area contributed by atoms with E-state index in [0.29, 0.717) is 27.5 Å². The first-order valence-electron chi connectivity index (χ1n) is 10.4. The molecule has 0 saturated heterocycles. The average Bonchev–Trinajstić information content (AvgIpc) is 2.87. The van der Waals surface area contributed by atoms with Crippen molar-refractivity contribution in [2.75, 3.05) is 20.0 Å². The summed E-state index contributed by atoms with van der Waals surface area (Å²) in [5.41, 5.74) is -0.647. The quantitative estimate of drug-likeness (QED) is 0.457. The minimum atomic E-state index is -4.71. The van der Waals surface area contributed by atoms with Gasteiger partial charge in [-0.2, -0.15) is 26.3 Å². The SMILES string of the molecule is COc1cc2c(cc1OC)[C@H](c1ccccc1)N[C@](CC(O)CC(F)(F)F)(CC(F)(F)F)CS2. The lowest BCUT2D eigenvalue weighted by Crippen LogP contribution is -2.53. The van der Waals surface area contributed by atoms with Gasteiger partial charge in [-0.25, -0.2) is 0 Å². The van der Waals surface area contributed by atoms with Crippen LogP contribution in [-0.4, -0.2) is 49.1 Å². The lowest BCUT2D eigenvalue weighted by Gasteiger charge is -2.39. The Morgan fingerprint density at radius 2 is 1.65 bits per heavy atom. The minimum absolute atomic E-state index is 0.215. The van der Waals surface area contributed by atoms with Crippen LogP contribution >= 0.6 is 11.8 Å². The number of alkyl halides is 6. The first kappa shape index (κ1) is 26.5. The second-order valence-corrected chi connectivity index (χ2v) is 9.29. The molecule has 34 heavy (non-hydrogen) atoms. The maximum Gasteiger partial charge on any atom is 0.391 e. The Balaban J connectivity index is 2.12. The minimum Gasteiger partial charge on any atom is -0.493 e. The number of aliphatic hydroxyl groups excluding tert-OH is 1. The molecule has 3 rings (SSSR count). The Morgan fingerprint density at radius 3 is 2.21 bits per heavy atom. The summed E-state index contributed by atoms with van der Waals surface area (Å²) >= 11 is 1.07. The van der Waals surface area contributed by atoms with Crippen molar-refractivity contribution < 1.29 is 40.9 Å². The molecule has 0 aromatic heterocycles. The topological polar surface area (TPSA) is 50.7 Å². The van der Waals surface area contributed by atoms with Crippen LogP contribution in [0.4, 0.5) is 26.3 Å². The fourth-order valence-corrected chi connectivity index (χ4v) is 5.51. The Labute approximate surface area is 197 Å². The average molecular weight is 510 g/mol. The van der Waals surface area contributed by atoms with Gasteiger partial charge in [-0.1, -0.05) is 30.3 Å². The molecule has 1 heterocycles. The normalized spacial score (nSPS) is 22.0. The highest BCUT2D eigenvalue weighted by Crippen LogP contribution is 2.47. The number of fused-ring (bicyclic) bond motifs is 1. The van der Waals surface area contributed by atoms with Crippen LogP contribution in [0.5, 0.6) is 11.5 Å². The van der Waals surface area contributed by atoms with E-state index in [9.17, 15) is 31.4 Å². The molecule has 2 N–H and O–H groups in total. The summed E-state index contributed by atoms with van der Waals surface area (Å²) < 4.78 is 90.5. The smallest absolute Gasteiger partial charge is 0.391 e. The maximum atomic E-state index is 13.7. The number of thioether (sulfide) groups is 1. The largest absolute Gasteiger partial charge is 0.493 e. The van der Waals surface area contributed by atoms with Crippen LogP contribution in [0.2, 0.25) is 0 Å². The van der Waals surface area contributed by atoms with Crippen molar-refractivity contribution in [3.63, 3.8) is 0 Å². The van der Waals surface area contributed by atoms with Crippen LogP contribution in [0.15, 0.2) is 47.4 Å². The molecule has 11 heteroatoms. The third-order valence-electron chi connectivity index (χ3n) is 5.55. The molecule has 0 bridgehead atoms. The molecular weight excluding hydrogens is 484 g/mol. The lowest BCUT2D eigenvalue weighted by molar-refractivity contribution is -0.164. The lowest BCUT2D eigenvalue weighted by atomic mass is 9.86. The first-order chi connectivity index (χ1) is 15.8. The molecule has 0 spiro atoms. The number of halogens is 6. The van der Waals surface area contributed by atoms with Crippen molar-refractivity contribution in [3.8, 4) is 11.5 Å². The molecule has 0 radical (unpaired) electrons. The van der Waals surface area contributed by atoms with E-state index in [1.165, 1.54) is 14.2 Å². The fraction of sp³-hybridized carbons (Fsp3) is 0.478. The van der Waals surface area contributed by atoms with Crippen LogP contribution in [0, 0.1) is 0 Å². The number of hydrogen-bond acceptors (Lipinski definition) is 5. The third kappa shape index (κ3) is 6.73. The molecule has 4 nitrogen and oxygen atoms in total. The fourth-order valence-electron chi connectivity index (χ4n) is 4.24. The molecule has 1 aliphatic heterocycles. The van der Waals surface area contributed by atoms with E-state index in [0.717, 1.165) is 11.8 Å².